The molecule has 0 aliphatic carbocycles. The van der Waals surface area contributed by atoms with Crippen molar-refractivity contribution >= 4 is 11.9 Å². The lowest BCUT2D eigenvalue weighted by Crippen LogP contribution is -1.76. The topological polar surface area (TPSA) is 65.2 Å². The molecule has 0 aliphatic heterocycles. The number of hydrogen-bond donors (Lipinski definition) is 2. The van der Waals surface area contributed by atoms with Gasteiger partial charge in [0, 0.05) is 0 Å². The van der Waals surface area contributed by atoms with Crippen LogP contribution in [0.25, 0.3) is 0 Å². The minimum Gasteiger partial charge on any atom is -0.411 e. The van der Waals surface area contributed by atoms with Gasteiger partial charge in [-0.15, -0.1) is 0 Å². The molecule has 4 nitrogen and oxygen atoms in total. The van der Waals surface area contributed by atoms with Crippen LogP contribution >= 0.6 is 0 Å². The fraction of sp³-hybridized carbons (Fsp3) is 0.200. The molecule has 0 fully saturated rings. The Labute approximate surface area is 83.2 Å². The second-order valence-corrected chi connectivity index (χ2v) is 2.70. The van der Waals surface area contributed by atoms with E-state index in [1.807, 2.05) is 30.3 Å². The van der Waals surface area contributed by atoms with Gasteiger partial charge in [-0.3, -0.25) is 0 Å². The fourth-order valence-corrected chi connectivity index (χ4v) is 0.606. The lowest BCUT2D eigenvalue weighted by atomic mass is 10.2. The number of benzene rings is 1. The van der Waals surface area contributed by atoms with Crippen molar-refractivity contribution in [1.82, 2.24) is 0 Å². The molecular weight excluding hydrogens is 180 g/mol. The van der Waals surface area contributed by atoms with E-state index in [0.717, 1.165) is 5.56 Å². The van der Waals surface area contributed by atoms with Crippen molar-refractivity contribution in [3.8, 4) is 0 Å². The summed E-state index contributed by atoms with van der Waals surface area (Å²) in [6.45, 7) is 3.44. The van der Waals surface area contributed by atoms with E-state index in [9.17, 15) is 0 Å². The summed E-state index contributed by atoms with van der Waals surface area (Å²) in [5.41, 5.74) is 1.59. The van der Waals surface area contributed by atoms with Crippen molar-refractivity contribution in [3.63, 3.8) is 0 Å². The Hall–Kier alpha value is -1.84. The number of nitrogens with zero attached hydrogens (tertiary/aromatic N) is 2. The molecule has 1 rings (SSSR count). The second kappa shape index (κ2) is 7.79. The van der Waals surface area contributed by atoms with Gasteiger partial charge in [-0.05, 0) is 19.4 Å². The smallest absolute Gasteiger partial charge is 0.0733 e. The van der Waals surface area contributed by atoms with E-state index < -0.39 is 0 Å². The molecule has 1 aromatic rings. The van der Waals surface area contributed by atoms with E-state index in [2.05, 4.69) is 10.3 Å². The molecule has 0 saturated heterocycles. The van der Waals surface area contributed by atoms with Gasteiger partial charge >= 0.3 is 0 Å². The first-order valence-corrected chi connectivity index (χ1v) is 4.08. The maximum absolute atomic E-state index is 8.09. The molecule has 0 bridgehead atoms. The second-order valence-electron chi connectivity index (χ2n) is 2.70. The molecule has 14 heavy (non-hydrogen) atoms. The van der Waals surface area contributed by atoms with Crippen molar-refractivity contribution in [2.75, 3.05) is 0 Å². The molecule has 0 unspecified atom stereocenters. The summed E-state index contributed by atoms with van der Waals surface area (Å²) in [6.07, 6.45) is 1.39. The van der Waals surface area contributed by atoms with E-state index >= 15 is 0 Å². The van der Waals surface area contributed by atoms with Crippen LogP contribution in [0.15, 0.2) is 40.6 Å². The highest BCUT2D eigenvalue weighted by molar-refractivity contribution is 5.78. The van der Waals surface area contributed by atoms with Gasteiger partial charge in [0.15, 0.2) is 0 Å². The normalized spacial score (nSPS) is 9.00. The van der Waals surface area contributed by atoms with Gasteiger partial charge in [0.25, 0.3) is 0 Å². The average Bonchev–Trinajstić information content (AvgIpc) is 2.21. The average molecular weight is 194 g/mol. The quantitative estimate of drug-likeness (QED) is 0.409. The summed E-state index contributed by atoms with van der Waals surface area (Å²) < 4.78 is 0. The largest absolute Gasteiger partial charge is 0.411 e. The lowest BCUT2D eigenvalue weighted by Gasteiger charge is -1.85. The molecule has 1 aromatic carbocycles. The molecule has 2 N–H and O–H groups in total. The van der Waals surface area contributed by atoms with Crippen LogP contribution in [0.3, 0.4) is 0 Å². The van der Waals surface area contributed by atoms with Crippen molar-refractivity contribution in [2.45, 2.75) is 13.8 Å². The summed E-state index contributed by atoms with van der Waals surface area (Å²) in [5, 5.41) is 21.5. The summed E-state index contributed by atoms with van der Waals surface area (Å²) in [6, 6.07) is 9.40. The van der Waals surface area contributed by atoms with Crippen LogP contribution in [0.4, 0.5) is 0 Å². The van der Waals surface area contributed by atoms with Crippen LogP contribution in [-0.4, -0.2) is 22.3 Å². The van der Waals surface area contributed by atoms with E-state index in [1.165, 1.54) is 6.21 Å². The first-order chi connectivity index (χ1) is 6.70. The molecule has 0 saturated carbocycles. The van der Waals surface area contributed by atoms with Crippen LogP contribution in [-0.2, 0) is 0 Å². The zero-order valence-electron chi connectivity index (χ0n) is 8.25. The number of hydrogen-bond acceptors (Lipinski definition) is 4. The van der Waals surface area contributed by atoms with Gasteiger partial charge in [0.2, 0.25) is 0 Å². The van der Waals surface area contributed by atoms with Gasteiger partial charge in [0.1, 0.15) is 0 Å². The maximum Gasteiger partial charge on any atom is 0.0733 e. The Bertz CT molecular complexity index is 290. The Balaban J connectivity index is 0.000000292. The SMILES string of the molecule is CC(C)=NO.ON=Cc1ccccc1. The van der Waals surface area contributed by atoms with Crippen molar-refractivity contribution in [3.05, 3.63) is 35.9 Å². The number of oxime groups is 2. The highest BCUT2D eigenvalue weighted by Crippen LogP contribution is 1.92. The third-order valence-corrected chi connectivity index (χ3v) is 1.21. The monoisotopic (exact) mass is 194 g/mol. The Morgan fingerprint density at radius 2 is 1.64 bits per heavy atom. The van der Waals surface area contributed by atoms with E-state index in [1.54, 1.807) is 13.8 Å². The Morgan fingerprint density at radius 1 is 1.14 bits per heavy atom. The van der Waals surface area contributed by atoms with Crippen LogP contribution in [0.5, 0.6) is 0 Å². The first kappa shape index (κ1) is 12.2. The van der Waals surface area contributed by atoms with E-state index in [0.29, 0.717) is 5.71 Å². The van der Waals surface area contributed by atoms with Gasteiger partial charge in [-0.2, -0.15) is 0 Å². The molecule has 0 aliphatic rings. The third kappa shape index (κ3) is 6.84. The minimum absolute atomic E-state index is 0.685. The van der Waals surface area contributed by atoms with E-state index in [4.69, 9.17) is 10.4 Å². The summed E-state index contributed by atoms with van der Waals surface area (Å²) >= 11 is 0. The number of rotatable bonds is 1. The zero-order chi connectivity index (χ0) is 10.8. The van der Waals surface area contributed by atoms with Crippen LogP contribution < -0.4 is 0 Å². The fourth-order valence-electron chi connectivity index (χ4n) is 0.606. The van der Waals surface area contributed by atoms with Crippen molar-refractivity contribution < 1.29 is 10.4 Å². The summed E-state index contributed by atoms with van der Waals surface area (Å²) in [7, 11) is 0. The van der Waals surface area contributed by atoms with Crippen LogP contribution in [0.1, 0.15) is 19.4 Å². The van der Waals surface area contributed by atoms with Gasteiger partial charge in [-0.25, -0.2) is 0 Å². The van der Waals surface area contributed by atoms with Crippen molar-refractivity contribution in [1.29, 1.82) is 0 Å². The lowest BCUT2D eigenvalue weighted by molar-refractivity contribution is 0.318. The Kier molecular flexibility index (Phi) is 6.77. The van der Waals surface area contributed by atoms with Gasteiger partial charge in [-0.1, -0.05) is 40.6 Å². The molecule has 0 amide bonds. The van der Waals surface area contributed by atoms with E-state index in [-0.39, 0.29) is 0 Å². The molecular formula is C10H14N2O2. The molecule has 0 heterocycles. The highest BCUT2D eigenvalue weighted by atomic mass is 16.4. The third-order valence-electron chi connectivity index (χ3n) is 1.21. The molecule has 4 heteroatoms. The van der Waals surface area contributed by atoms with Crippen molar-refractivity contribution in [2.24, 2.45) is 10.3 Å². The predicted molar refractivity (Wildman–Crippen MR) is 56.4 cm³/mol. The predicted octanol–water partition coefficient (Wildman–Crippen LogP) is 2.35. The minimum atomic E-state index is 0.685. The van der Waals surface area contributed by atoms with Crippen LogP contribution in [0.2, 0.25) is 0 Å². The molecule has 0 aromatic heterocycles. The maximum atomic E-state index is 8.09. The standard InChI is InChI=1S/C7H7NO.C3H7NO/c9-8-6-7-4-2-1-3-5-7;1-3(2)4-5/h1-6,9H;5H,1-2H3. The van der Waals surface area contributed by atoms with Gasteiger partial charge < -0.3 is 10.4 Å². The first-order valence-electron chi connectivity index (χ1n) is 4.08. The highest BCUT2D eigenvalue weighted by Gasteiger charge is 1.79. The van der Waals surface area contributed by atoms with Gasteiger partial charge in [0.05, 0.1) is 11.9 Å². The summed E-state index contributed by atoms with van der Waals surface area (Å²) in [4.78, 5) is 0. The molecule has 0 atom stereocenters. The van der Waals surface area contributed by atoms with Crippen LogP contribution in [0, 0.1) is 0 Å². The molecule has 0 radical (unpaired) electrons. The molecule has 76 valence electrons. The summed E-state index contributed by atoms with van der Waals surface area (Å²) in [5.74, 6) is 0. The molecule has 0 spiro atoms. The Morgan fingerprint density at radius 3 is 2.00 bits per heavy atom. The zero-order valence-corrected chi connectivity index (χ0v) is 8.25.